The van der Waals surface area contributed by atoms with Crippen LogP contribution in [-0.4, -0.2) is 13.0 Å². The molecule has 0 saturated heterocycles. The maximum Gasteiger partial charge on any atom is 0.257 e. The lowest BCUT2D eigenvalue weighted by atomic mass is 10.1. The van der Waals surface area contributed by atoms with Gasteiger partial charge in [-0.05, 0) is 24.3 Å². The van der Waals surface area contributed by atoms with Gasteiger partial charge in [0.05, 0.1) is 33.4 Å². The van der Waals surface area contributed by atoms with Crippen LogP contribution < -0.4 is 15.8 Å². The maximum atomic E-state index is 12.2. The minimum absolute atomic E-state index is 0.282. The molecule has 0 aliphatic carbocycles. The summed E-state index contributed by atoms with van der Waals surface area (Å²) in [5, 5.41) is 3.52. The molecule has 0 aromatic heterocycles. The molecule has 0 aliphatic rings. The van der Waals surface area contributed by atoms with Crippen molar-refractivity contribution in [1.82, 2.24) is 0 Å². The van der Waals surface area contributed by atoms with Gasteiger partial charge in [0.1, 0.15) is 5.75 Å². The molecule has 1 amide bonds. The molecule has 110 valence electrons. The van der Waals surface area contributed by atoms with Gasteiger partial charge in [-0.3, -0.25) is 4.79 Å². The number of hydrogen-bond acceptors (Lipinski definition) is 3. The highest BCUT2D eigenvalue weighted by Gasteiger charge is 2.14. The summed E-state index contributed by atoms with van der Waals surface area (Å²) in [5.74, 6) is 0.159. The predicted octanol–water partition coefficient (Wildman–Crippen LogP) is 4.49. The first-order valence-electron chi connectivity index (χ1n) is 5.81. The Bertz CT molecular complexity index is 705. The standard InChI is InChI=1S/C14H11Cl3N2O2/c1-21-7-2-3-8(12(18)4-7)14(20)19-13-6-10(16)9(15)5-11(13)17/h2-6H,18H2,1H3,(H,19,20). The van der Waals surface area contributed by atoms with Gasteiger partial charge >= 0.3 is 0 Å². The van der Waals surface area contributed by atoms with E-state index in [-0.39, 0.29) is 5.02 Å². The van der Waals surface area contributed by atoms with Crippen LogP contribution in [0.4, 0.5) is 11.4 Å². The molecule has 0 fully saturated rings. The van der Waals surface area contributed by atoms with Crippen molar-refractivity contribution in [2.75, 3.05) is 18.2 Å². The number of benzene rings is 2. The second kappa shape index (κ2) is 6.43. The van der Waals surface area contributed by atoms with Crippen LogP contribution in [0.25, 0.3) is 0 Å². The van der Waals surface area contributed by atoms with Crippen molar-refractivity contribution in [3.8, 4) is 5.75 Å². The van der Waals surface area contributed by atoms with Crippen molar-refractivity contribution in [1.29, 1.82) is 0 Å². The summed E-state index contributed by atoms with van der Waals surface area (Å²) in [7, 11) is 1.52. The summed E-state index contributed by atoms with van der Waals surface area (Å²) in [5.41, 5.74) is 6.77. The monoisotopic (exact) mass is 344 g/mol. The fourth-order valence-corrected chi connectivity index (χ4v) is 2.28. The van der Waals surface area contributed by atoms with Crippen LogP contribution >= 0.6 is 34.8 Å². The summed E-state index contributed by atoms with van der Waals surface area (Å²) < 4.78 is 5.03. The fourth-order valence-electron chi connectivity index (χ4n) is 1.68. The second-order valence-electron chi connectivity index (χ2n) is 4.15. The Hall–Kier alpha value is -1.62. The van der Waals surface area contributed by atoms with Crippen LogP contribution in [0.2, 0.25) is 15.1 Å². The zero-order chi connectivity index (χ0) is 15.6. The molecule has 0 spiro atoms. The molecule has 21 heavy (non-hydrogen) atoms. The highest BCUT2D eigenvalue weighted by Crippen LogP contribution is 2.32. The first-order chi connectivity index (χ1) is 9.92. The zero-order valence-corrected chi connectivity index (χ0v) is 13.2. The van der Waals surface area contributed by atoms with E-state index in [1.807, 2.05) is 0 Å². The molecule has 7 heteroatoms. The van der Waals surface area contributed by atoms with Gasteiger partial charge in [0.2, 0.25) is 0 Å². The Balaban J connectivity index is 2.28. The number of halogens is 3. The largest absolute Gasteiger partial charge is 0.497 e. The van der Waals surface area contributed by atoms with Gasteiger partial charge < -0.3 is 15.8 Å². The Kier molecular flexibility index (Phi) is 4.83. The molecule has 0 bridgehead atoms. The third-order valence-corrected chi connectivity index (χ3v) is 3.80. The van der Waals surface area contributed by atoms with Crippen molar-refractivity contribution in [2.24, 2.45) is 0 Å². The summed E-state index contributed by atoms with van der Waals surface area (Å²) in [6.45, 7) is 0. The van der Waals surface area contributed by atoms with Gasteiger partial charge in [0.15, 0.2) is 0 Å². The number of ether oxygens (including phenoxy) is 1. The van der Waals surface area contributed by atoms with Gasteiger partial charge in [-0.2, -0.15) is 0 Å². The molecule has 2 aromatic carbocycles. The number of carbonyl (C=O) groups excluding carboxylic acids is 1. The van der Waals surface area contributed by atoms with E-state index >= 15 is 0 Å². The first kappa shape index (κ1) is 15.8. The first-order valence-corrected chi connectivity index (χ1v) is 6.95. The number of nitrogens with one attached hydrogen (secondary N) is 1. The third kappa shape index (κ3) is 3.53. The number of rotatable bonds is 3. The van der Waals surface area contributed by atoms with E-state index in [1.54, 1.807) is 18.2 Å². The minimum atomic E-state index is -0.407. The van der Waals surface area contributed by atoms with Gasteiger partial charge in [-0.15, -0.1) is 0 Å². The number of nitrogens with two attached hydrogens (primary N) is 1. The molecular weight excluding hydrogens is 335 g/mol. The number of amides is 1. The summed E-state index contributed by atoms with van der Waals surface area (Å²) in [6.07, 6.45) is 0. The van der Waals surface area contributed by atoms with Crippen LogP contribution in [0.15, 0.2) is 30.3 Å². The SMILES string of the molecule is COc1ccc(C(=O)Nc2cc(Cl)c(Cl)cc2Cl)c(N)c1. The third-order valence-electron chi connectivity index (χ3n) is 2.76. The average Bonchev–Trinajstić information content (AvgIpc) is 2.44. The average molecular weight is 346 g/mol. The molecule has 0 saturated carbocycles. The van der Waals surface area contributed by atoms with Crippen molar-refractivity contribution in [3.63, 3.8) is 0 Å². The summed E-state index contributed by atoms with van der Waals surface area (Å²) in [6, 6.07) is 7.70. The number of carbonyl (C=O) groups is 1. The van der Waals surface area contributed by atoms with E-state index < -0.39 is 5.91 Å². The van der Waals surface area contributed by atoms with E-state index in [4.69, 9.17) is 45.3 Å². The van der Waals surface area contributed by atoms with E-state index in [1.165, 1.54) is 19.2 Å². The van der Waals surface area contributed by atoms with Crippen LogP contribution in [0.3, 0.4) is 0 Å². The Morgan fingerprint density at radius 2 is 1.76 bits per heavy atom. The van der Waals surface area contributed by atoms with E-state index in [0.29, 0.717) is 32.7 Å². The molecule has 0 aliphatic heterocycles. The Labute approximate surface area is 136 Å². The highest BCUT2D eigenvalue weighted by molar-refractivity contribution is 6.44. The summed E-state index contributed by atoms with van der Waals surface area (Å²) in [4.78, 5) is 12.2. The number of nitrogen functional groups attached to an aromatic ring is 1. The second-order valence-corrected chi connectivity index (χ2v) is 5.38. The molecule has 0 heterocycles. The predicted molar refractivity (Wildman–Crippen MR) is 86.8 cm³/mol. The molecule has 2 rings (SSSR count). The quantitative estimate of drug-likeness (QED) is 0.636. The molecule has 2 aromatic rings. The van der Waals surface area contributed by atoms with Crippen molar-refractivity contribution >= 4 is 52.1 Å². The lowest BCUT2D eigenvalue weighted by Gasteiger charge is -2.11. The van der Waals surface area contributed by atoms with Gasteiger partial charge in [0.25, 0.3) is 5.91 Å². The van der Waals surface area contributed by atoms with Crippen LogP contribution in [0.1, 0.15) is 10.4 Å². The normalized spacial score (nSPS) is 10.3. The van der Waals surface area contributed by atoms with Crippen molar-refractivity contribution in [2.45, 2.75) is 0 Å². The minimum Gasteiger partial charge on any atom is -0.497 e. The van der Waals surface area contributed by atoms with E-state index in [2.05, 4.69) is 5.32 Å². The molecular formula is C14H11Cl3N2O2. The van der Waals surface area contributed by atoms with Crippen molar-refractivity contribution < 1.29 is 9.53 Å². The van der Waals surface area contributed by atoms with Gasteiger partial charge in [0, 0.05) is 11.8 Å². The summed E-state index contributed by atoms with van der Waals surface area (Å²) >= 11 is 17.7. The van der Waals surface area contributed by atoms with Gasteiger partial charge in [-0.1, -0.05) is 34.8 Å². The van der Waals surface area contributed by atoms with Crippen molar-refractivity contribution in [3.05, 3.63) is 51.0 Å². The molecule has 0 radical (unpaired) electrons. The van der Waals surface area contributed by atoms with Crippen LogP contribution in [0, 0.1) is 0 Å². The number of methoxy groups -OCH3 is 1. The Morgan fingerprint density at radius 1 is 1.10 bits per heavy atom. The fraction of sp³-hybridized carbons (Fsp3) is 0.0714. The van der Waals surface area contributed by atoms with Gasteiger partial charge in [-0.25, -0.2) is 0 Å². The number of hydrogen-bond donors (Lipinski definition) is 2. The molecule has 3 N–H and O–H groups in total. The molecule has 4 nitrogen and oxygen atoms in total. The van der Waals surface area contributed by atoms with Crippen LogP contribution in [-0.2, 0) is 0 Å². The number of anilines is 2. The van der Waals surface area contributed by atoms with Crippen LogP contribution in [0.5, 0.6) is 5.75 Å². The lowest BCUT2D eigenvalue weighted by molar-refractivity contribution is 0.102. The topological polar surface area (TPSA) is 64.3 Å². The smallest absolute Gasteiger partial charge is 0.257 e. The highest BCUT2D eigenvalue weighted by atomic mass is 35.5. The molecule has 0 unspecified atom stereocenters. The lowest BCUT2D eigenvalue weighted by Crippen LogP contribution is -2.14. The maximum absolute atomic E-state index is 12.2. The molecule has 0 atom stereocenters. The van der Waals surface area contributed by atoms with E-state index in [9.17, 15) is 4.79 Å². The zero-order valence-electron chi connectivity index (χ0n) is 10.9. The Morgan fingerprint density at radius 3 is 2.38 bits per heavy atom. The van der Waals surface area contributed by atoms with E-state index in [0.717, 1.165) is 0 Å².